The monoisotopic (exact) mass is 254 g/mol. The molecule has 0 aliphatic carbocycles. The second kappa shape index (κ2) is 5.89. The van der Waals surface area contributed by atoms with Gasteiger partial charge in [-0.1, -0.05) is 31.2 Å². The maximum atomic E-state index is 6.04. The summed E-state index contributed by atoms with van der Waals surface area (Å²) in [7, 11) is 2.09. The fraction of sp³-hybridized carbons (Fsp3) is 0.294. The first-order chi connectivity index (χ1) is 9.11. The number of nitrogens with zero attached hydrogens (tertiary/aromatic N) is 1. The molecule has 2 aromatic rings. The van der Waals surface area contributed by atoms with Gasteiger partial charge in [-0.2, -0.15) is 0 Å². The van der Waals surface area contributed by atoms with Crippen LogP contribution in [0.1, 0.15) is 30.5 Å². The van der Waals surface area contributed by atoms with Crippen LogP contribution in [0, 0.1) is 6.92 Å². The Hall–Kier alpha value is -1.80. The normalized spacial score (nSPS) is 12.2. The average molecular weight is 254 g/mol. The third-order valence-electron chi connectivity index (χ3n) is 3.54. The van der Waals surface area contributed by atoms with Crippen molar-refractivity contribution < 1.29 is 0 Å². The summed E-state index contributed by atoms with van der Waals surface area (Å²) >= 11 is 0. The first-order valence-corrected chi connectivity index (χ1v) is 6.77. The summed E-state index contributed by atoms with van der Waals surface area (Å²) in [5, 5.41) is 0. The molecule has 2 nitrogen and oxygen atoms in total. The predicted molar refractivity (Wildman–Crippen MR) is 82.9 cm³/mol. The Labute approximate surface area is 115 Å². The minimum Gasteiger partial charge on any atom is -0.345 e. The molecule has 0 aliphatic heterocycles. The molecule has 19 heavy (non-hydrogen) atoms. The Balaban J connectivity index is 2.22. The number of anilines is 2. The quantitative estimate of drug-likeness (QED) is 0.887. The second-order valence-corrected chi connectivity index (χ2v) is 5.00. The first-order valence-electron chi connectivity index (χ1n) is 6.77. The van der Waals surface area contributed by atoms with Crippen LogP contribution in [0.15, 0.2) is 48.5 Å². The van der Waals surface area contributed by atoms with Crippen molar-refractivity contribution in [3.8, 4) is 0 Å². The predicted octanol–water partition coefficient (Wildman–Crippen LogP) is 4.17. The van der Waals surface area contributed by atoms with Crippen molar-refractivity contribution in [1.82, 2.24) is 0 Å². The molecule has 2 N–H and O–H groups in total. The Morgan fingerprint density at radius 1 is 1.05 bits per heavy atom. The molecule has 0 fully saturated rings. The molecule has 0 aliphatic rings. The minimum atomic E-state index is 0.137. The second-order valence-electron chi connectivity index (χ2n) is 5.00. The zero-order chi connectivity index (χ0) is 13.8. The summed E-state index contributed by atoms with van der Waals surface area (Å²) in [4.78, 5) is 2.19. The van der Waals surface area contributed by atoms with Crippen molar-refractivity contribution in [2.75, 3.05) is 11.9 Å². The summed E-state index contributed by atoms with van der Waals surface area (Å²) < 4.78 is 0. The van der Waals surface area contributed by atoms with E-state index in [0.29, 0.717) is 0 Å². The number of hydrogen-bond acceptors (Lipinski definition) is 2. The topological polar surface area (TPSA) is 29.3 Å². The third-order valence-corrected chi connectivity index (χ3v) is 3.54. The minimum absolute atomic E-state index is 0.137. The van der Waals surface area contributed by atoms with Gasteiger partial charge in [0, 0.05) is 24.5 Å². The zero-order valence-electron chi connectivity index (χ0n) is 11.9. The van der Waals surface area contributed by atoms with Crippen LogP contribution in [0.25, 0.3) is 0 Å². The highest BCUT2D eigenvalue weighted by molar-refractivity contribution is 5.63. The van der Waals surface area contributed by atoms with Gasteiger partial charge in [0.2, 0.25) is 0 Å². The molecule has 0 bridgehead atoms. The molecule has 0 spiro atoms. The van der Waals surface area contributed by atoms with Gasteiger partial charge >= 0.3 is 0 Å². The highest BCUT2D eigenvalue weighted by atomic mass is 15.1. The fourth-order valence-corrected chi connectivity index (χ4v) is 2.17. The lowest BCUT2D eigenvalue weighted by Crippen LogP contribution is -2.11. The number of benzene rings is 2. The third kappa shape index (κ3) is 3.15. The van der Waals surface area contributed by atoms with Crippen LogP contribution in [0.2, 0.25) is 0 Å². The van der Waals surface area contributed by atoms with Gasteiger partial charge in [0.1, 0.15) is 0 Å². The molecule has 0 aromatic heterocycles. The number of nitrogens with two attached hydrogens (primary N) is 1. The van der Waals surface area contributed by atoms with Crippen molar-refractivity contribution in [2.45, 2.75) is 26.3 Å². The van der Waals surface area contributed by atoms with Crippen LogP contribution in [-0.4, -0.2) is 7.05 Å². The largest absolute Gasteiger partial charge is 0.345 e. The summed E-state index contributed by atoms with van der Waals surface area (Å²) in [6.07, 6.45) is 0.965. The zero-order valence-corrected chi connectivity index (χ0v) is 11.9. The van der Waals surface area contributed by atoms with Crippen LogP contribution in [0.3, 0.4) is 0 Å². The summed E-state index contributed by atoms with van der Waals surface area (Å²) in [6.45, 7) is 4.22. The maximum Gasteiger partial charge on any atom is 0.0410 e. The smallest absolute Gasteiger partial charge is 0.0410 e. The Bertz CT molecular complexity index is 531. The maximum absolute atomic E-state index is 6.04. The van der Waals surface area contributed by atoms with Crippen molar-refractivity contribution in [3.63, 3.8) is 0 Å². The number of aryl methyl sites for hydroxylation is 1. The summed E-state index contributed by atoms with van der Waals surface area (Å²) in [5.74, 6) is 0. The molecule has 0 saturated carbocycles. The van der Waals surface area contributed by atoms with Gasteiger partial charge in [0.25, 0.3) is 0 Å². The van der Waals surface area contributed by atoms with Gasteiger partial charge in [-0.3, -0.25) is 0 Å². The first kappa shape index (κ1) is 13.6. The van der Waals surface area contributed by atoms with E-state index < -0.39 is 0 Å². The van der Waals surface area contributed by atoms with E-state index in [1.54, 1.807) is 0 Å². The lowest BCUT2D eigenvalue weighted by atomic mass is 10.0. The number of hydrogen-bond donors (Lipinski definition) is 1. The van der Waals surface area contributed by atoms with E-state index in [-0.39, 0.29) is 6.04 Å². The van der Waals surface area contributed by atoms with Gasteiger partial charge in [0.15, 0.2) is 0 Å². The molecule has 1 atom stereocenters. The van der Waals surface area contributed by atoms with E-state index in [0.717, 1.165) is 6.42 Å². The molecule has 2 aromatic carbocycles. The van der Waals surface area contributed by atoms with Crippen LogP contribution in [0.4, 0.5) is 11.4 Å². The standard InChI is InChI=1S/C17H22N2/c1-4-17(18)14-8-10-15(11-9-14)19(3)16-7-5-6-13(2)12-16/h5-12,17H,4,18H2,1-3H3/t17-/m0/s1. The Morgan fingerprint density at radius 2 is 1.74 bits per heavy atom. The Morgan fingerprint density at radius 3 is 2.32 bits per heavy atom. The van der Waals surface area contributed by atoms with Crippen LogP contribution in [-0.2, 0) is 0 Å². The molecule has 2 heteroatoms. The summed E-state index contributed by atoms with van der Waals surface area (Å²) in [6, 6.07) is 17.2. The molecular weight excluding hydrogens is 232 g/mol. The fourth-order valence-electron chi connectivity index (χ4n) is 2.17. The van der Waals surface area contributed by atoms with Crippen molar-refractivity contribution >= 4 is 11.4 Å². The van der Waals surface area contributed by atoms with E-state index in [4.69, 9.17) is 5.73 Å². The molecule has 2 rings (SSSR count). The highest BCUT2D eigenvalue weighted by Gasteiger charge is 2.06. The van der Waals surface area contributed by atoms with Gasteiger partial charge in [-0.25, -0.2) is 0 Å². The van der Waals surface area contributed by atoms with Crippen LogP contribution in [0.5, 0.6) is 0 Å². The van der Waals surface area contributed by atoms with E-state index in [1.165, 1.54) is 22.5 Å². The van der Waals surface area contributed by atoms with Crippen LogP contribution >= 0.6 is 0 Å². The molecule has 0 radical (unpaired) electrons. The van der Waals surface area contributed by atoms with E-state index in [1.807, 2.05) is 0 Å². The SMILES string of the molecule is CC[C@H](N)c1ccc(N(C)c2cccc(C)c2)cc1. The molecule has 0 unspecified atom stereocenters. The molecule has 0 amide bonds. The van der Waals surface area contributed by atoms with E-state index in [9.17, 15) is 0 Å². The lowest BCUT2D eigenvalue weighted by Gasteiger charge is -2.21. The van der Waals surface area contributed by atoms with Crippen molar-refractivity contribution in [1.29, 1.82) is 0 Å². The molecule has 0 heterocycles. The van der Waals surface area contributed by atoms with Crippen molar-refractivity contribution in [2.24, 2.45) is 5.73 Å². The molecular formula is C17H22N2. The lowest BCUT2D eigenvalue weighted by molar-refractivity contribution is 0.699. The van der Waals surface area contributed by atoms with E-state index in [2.05, 4.69) is 74.3 Å². The molecule has 100 valence electrons. The van der Waals surface area contributed by atoms with Crippen LogP contribution < -0.4 is 10.6 Å². The Kier molecular flexibility index (Phi) is 4.23. The van der Waals surface area contributed by atoms with Gasteiger partial charge in [-0.05, 0) is 48.7 Å². The van der Waals surface area contributed by atoms with E-state index >= 15 is 0 Å². The van der Waals surface area contributed by atoms with Crippen molar-refractivity contribution in [3.05, 3.63) is 59.7 Å². The molecule has 0 saturated heterocycles. The van der Waals surface area contributed by atoms with Gasteiger partial charge in [-0.15, -0.1) is 0 Å². The van der Waals surface area contributed by atoms with Gasteiger partial charge in [0.05, 0.1) is 0 Å². The summed E-state index contributed by atoms with van der Waals surface area (Å²) in [5.41, 5.74) is 10.9. The average Bonchev–Trinajstić information content (AvgIpc) is 2.46. The number of rotatable bonds is 4. The highest BCUT2D eigenvalue weighted by Crippen LogP contribution is 2.25. The van der Waals surface area contributed by atoms with Gasteiger partial charge < -0.3 is 10.6 Å².